The molecule has 0 aliphatic carbocycles. The lowest BCUT2D eigenvalue weighted by molar-refractivity contribution is -0.0512. The molecule has 0 bridgehead atoms. The van der Waals surface area contributed by atoms with Gasteiger partial charge in [0.05, 0.1) is 7.11 Å². The zero-order chi connectivity index (χ0) is 19.1. The van der Waals surface area contributed by atoms with Crippen LogP contribution in [-0.4, -0.2) is 50.7 Å². The number of alkyl halides is 2. The molecule has 26 heavy (non-hydrogen) atoms. The molecule has 1 N–H and O–H groups in total. The highest BCUT2D eigenvalue weighted by molar-refractivity contribution is 5.94. The molecular weight excluding hydrogens is 342 g/mol. The third-order valence-corrected chi connectivity index (χ3v) is 4.52. The molecule has 1 aliphatic rings. The summed E-state index contributed by atoms with van der Waals surface area (Å²) in [5, 5.41) is 2.86. The van der Waals surface area contributed by atoms with Crippen molar-refractivity contribution in [2.24, 2.45) is 11.8 Å². The largest absolute Gasteiger partial charge is 0.493 e. The minimum atomic E-state index is -2.94. The first-order chi connectivity index (χ1) is 12.4. The number of nitrogens with one attached hydrogen (secondary N) is 1. The molecule has 1 aromatic carbocycles. The zero-order valence-electron chi connectivity index (χ0n) is 15.6. The maximum atomic E-state index is 12.3. The summed E-state index contributed by atoms with van der Waals surface area (Å²) in [6, 6.07) is 4.17. The molecular formula is C19H28F2N2O3. The Labute approximate surface area is 153 Å². The van der Waals surface area contributed by atoms with E-state index in [-0.39, 0.29) is 17.4 Å². The lowest BCUT2D eigenvalue weighted by Gasteiger charge is -2.34. The minimum Gasteiger partial charge on any atom is -0.493 e. The van der Waals surface area contributed by atoms with Crippen LogP contribution in [-0.2, 0) is 0 Å². The number of ether oxygens (including phenoxy) is 2. The Kier molecular flexibility index (Phi) is 7.63. The van der Waals surface area contributed by atoms with Crippen LogP contribution in [0.15, 0.2) is 18.2 Å². The Morgan fingerprint density at radius 1 is 1.27 bits per heavy atom. The quantitative estimate of drug-likeness (QED) is 0.713. The van der Waals surface area contributed by atoms with Gasteiger partial charge in [0.2, 0.25) is 0 Å². The highest BCUT2D eigenvalue weighted by Gasteiger charge is 2.21. The Hall–Kier alpha value is -1.89. The second-order valence-electron chi connectivity index (χ2n) is 7.06. The van der Waals surface area contributed by atoms with E-state index in [1.807, 2.05) is 0 Å². The van der Waals surface area contributed by atoms with Crippen molar-refractivity contribution < 1.29 is 23.0 Å². The Morgan fingerprint density at radius 3 is 2.58 bits per heavy atom. The van der Waals surface area contributed by atoms with Gasteiger partial charge >= 0.3 is 6.61 Å². The van der Waals surface area contributed by atoms with Gasteiger partial charge in [-0.15, -0.1) is 0 Å². The van der Waals surface area contributed by atoms with Crippen LogP contribution in [0.2, 0.25) is 0 Å². The van der Waals surface area contributed by atoms with Gasteiger partial charge in [0.15, 0.2) is 11.5 Å². The van der Waals surface area contributed by atoms with Crippen LogP contribution in [0.5, 0.6) is 11.5 Å². The molecule has 7 heteroatoms. The van der Waals surface area contributed by atoms with Crippen molar-refractivity contribution in [3.63, 3.8) is 0 Å². The fourth-order valence-electron chi connectivity index (χ4n) is 3.58. The van der Waals surface area contributed by atoms with Gasteiger partial charge in [-0.3, -0.25) is 4.79 Å². The van der Waals surface area contributed by atoms with Crippen LogP contribution in [0.4, 0.5) is 8.78 Å². The monoisotopic (exact) mass is 370 g/mol. The summed E-state index contributed by atoms with van der Waals surface area (Å²) >= 11 is 0. The first kappa shape index (κ1) is 20.4. The third-order valence-electron chi connectivity index (χ3n) is 4.52. The number of carbonyl (C=O) groups excluding carboxylic acids is 1. The third kappa shape index (κ3) is 6.12. The number of benzene rings is 1. The van der Waals surface area contributed by atoms with E-state index in [2.05, 4.69) is 28.8 Å². The summed E-state index contributed by atoms with van der Waals surface area (Å²) in [5.74, 6) is 1.19. The van der Waals surface area contributed by atoms with E-state index in [4.69, 9.17) is 4.74 Å². The van der Waals surface area contributed by atoms with E-state index in [0.29, 0.717) is 12.1 Å². The molecule has 1 heterocycles. The van der Waals surface area contributed by atoms with Crippen LogP contribution in [0.25, 0.3) is 0 Å². The molecule has 1 amide bonds. The minimum absolute atomic E-state index is 0.0904. The van der Waals surface area contributed by atoms with Crippen LogP contribution < -0.4 is 14.8 Å². The van der Waals surface area contributed by atoms with Crippen LogP contribution in [0, 0.1) is 11.8 Å². The molecule has 2 atom stereocenters. The number of methoxy groups -OCH3 is 1. The van der Waals surface area contributed by atoms with Gasteiger partial charge in [0.1, 0.15) is 0 Å². The van der Waals surface area contributed by atoms with Gasteiger partial charge in [-0.1, -0.05) is 13.8 Å². The van der Waals surface area contributed by atoms with Crippen LogP contribution in [0.1, 0.15) is 37.0 Å². The lowest BCUT2D eigenvalue weighted by Crippen LogP contribution is -2.40. The molecule has 1 fully saturated rings. The number of likely N-dealkylation sites (tertiary alicyclic amines) is 1. The molecule has 1 saturated heterocycles. The summed E-state index contributed by atoms with van der Waals surface area (Å²) < 4.78 is 34.1. The molecule has 0 radical (unpaired) electrons. The number of hydrogen-bond donors (Lipinski definition) is 1. The highest BCUT2D eigenvalue weighted by atomic mass is 19.3. The molecule has 1 aliphatic heterocycles. The summed E-state index contributed by atoms with van der Waals surface area (Å²) in [6.07, 6.45) is 2.15. The van der Waals surface area contributed by atoms with Gasteiger partial charge < -0.3 is 19.7 Å². The molecule has 2 unspecified atom stereocenters. The average Bonchev–Trinajstić information content (AvgIpc) is 2.57. The van der Waals surface area contributed by atoms with Crippen molar-refractivity contribution in [3.05, 3.63) is 23.8 Å². The Bertz CT molecular complexity index is 588. The summed E-state index contributed by atoms with van der Waals surface area (Å²) in [7, 11) is 1.34. The first-order valence-corrected chi connectivity index (χ1v) is 9.02. The van der Waals surface area contributed by atoms with Crippen molar-refractivity contribution in [2.45, 2.75) is 33.3 Å². The SMILES string of the molecule is COc1cc(C(=O)NCCCN2CC(C)CC(C)C2)ccc1OC(F)F. The highest BCUT2D eigenvalue weighted by Crippen LogP contribution is 2.29. The van der Waals surface area contributed by atoms with Gasteiger partial charge in [0, 0.05) is 25.2 Å². The molecule has 0 spiro atoms. The molecule has 146 valence electrons. The van der Waals surface area contributed by atoms with Crippen molar-refractivity contribution >= 4 is 5.91 Å². The van der Waals surface area contributed by atoms with E-state index in [9.17, 15) is 13.6 Å². The van der Waals surface area contributed by atoms with Crippen molar-refractivity contribution in [2.75, 3.05) is 33.3 Å². The summed E-state index contributed by atoms with van der Waals surface area (Å²) in [6.45, 7) is 5.36. The van der Waals surface area contributed by atoms with Crippen molar-refractivity contribution in [3.8, 4) is 11.5 Å². The van der Waals surface area contributed by atoms with Gasteiger partial charge in [-0.2, -0.15) is 8.78 Å². The molecule has 0 aromatic heterocycles. The first-order valence-electron chi connectivity index (χ1n) is 9.02. The molecule has 1 aromatic rings. The van der Waals surface area contributed by atoms with Crippen molar-refractivity contribution in [1.29, 1.82) is 0 Å². The van der Waals surface area contributed by atoms with E-state index >= 15 is 0 Å². The molecule has 5 nitrogen and oxygen atoms in total. The summed E-state index contributed by atoms with van der Waals surface area (Å²) in [4.78, 5) is 14.7. The molecule has 0 saturated carbocycles. The topological polar surface area (TPSA) is 50.8 Å². The number of nitrogens with zero attached hydrogens (tertiary/aromatic N) is 1. The second kappa shape index (κ2) is 9.71. The van der Waals surface area contributed by atoms with Gasteiger partial charge in [0.25, 0.3) is 5.91 Å². The van der Waals surface area contributed by atoms with E-state index in [0.717, 1.165) is 37.9 Å². The predicted molar refractivity (Wildman–Crippen MR) is 96.0 cm³/mol. The predicted octanol–water partition coefficient (Wildman–Crippen LogP) is 3.39. The molecule has 2 rings (SSSR count). The van der Waals surface area contributed by atoms with Gasteiger partial charge in [-0.25, -0.2) is 0 Å². The van der Waals surface area contributed by atoms with E-state index in [1.165, 1.54) is 31.7 Å². The number of halogens is 2. The standard InChI is InChI=1S/C19H28F2N2O3/c1-13-9-14(2)12-23(11-13)8-4-7-22-18(24)15-5-6-16(26-19(20)21)17(10-15)25-3/h5-6,10,13-14,19H,4,7-9,11-12H2,1-3H3,(H,22,24). The summed E-state index contributed by atoms with van der Waals surface area (Å²) in [5.41, 5.74) is 0.351. The van der Waals surface area contributed by atoms with Gasteiger partial charge in [-0.05, 0) is 49.4 Å². The average molecular weight is 370 g/mol. The zero-order valence-corrected chi connectivity index (χ0v) is 15.6. The number of piperidine rings is 1. The van der Waals surface area contributed by atoms with E-state index in [1.54, 1.807) is 0 Å². The number of hydrogen-bond acceptors (Lipinski definition) is 4. The Balaban J connectivity index is 1.80. The number of carbonyl (C=O) groups is 1. The smallest absolute Gasteiger partial charge is 0.387 e. The van der Waals surface area contributed by atoms with E-state index < -0.39 is 6.61 Å². The van der Waals surface area contributed by atoms with Crippen LogP contribution in [0.3, 0.4) is 0 Å². The second-order valence-corrected chi connectivity index (χ2v) is 7.06. The fraction of sp³-hybridized carbons (Fsp3) is 0.632. The number of amides is 1. The number of rotatable bonds is 8. The fourth-order valence-corrected chi connectivity index (χ4v) is 3.58. The lowest BCUT2D eigenvalue weighted by atomic mass is 9.92. The van der Waals surface area contributed by atoms with Crippen LogP contribution >= 0.6 is 0 Å². The Morgan fingerprint density at radius 2 is 1.96 bits per heavy atom. The normalized spacial score (nSPS) is 20.8. The maximum Gasteiger partial charge on any atom is 0.387 e. The maximum absolute atomic E-state index is 12.3. The van der Waals surface area contributed by atoms with Crippen molar-refractivity contribution in [1.82, 2.24) is 10.2 Å².